The number of alkyl halides is 6. The summed E-state index contributed by atoms with van der Waals surface area (Å²) in [6.07, 6.45) is 0. The van der Waals surface area contributed by atoms with Crippen LogP contribution in [0, 0.1) is 0 Å². The van der Waals surface area contributed by atoms with E-state index in [2.05, 4.69) is 10.2 Å². The molecule has 6 nitrogen and oxygen atoms in total. The Balaban J connectivity index is 3.35. The van der Waals surface area contributed by atoms with Gasteiger partial charge in [-0.25, -0.2) is 16.8 Å². The van der Waals surface area contributed by atoms with Gasteiger partial charge in [0.2, 0.25) is 0 Å². The zero-order valence-electron chi connectivity index (χ0n) is 8.77. The van der Waals surface area contributed by atoms with Crippen molar-refractivity contribution in [1.29, 1.82) is 0 Å². The van der Waals surface area contributed by atoms with Crippen LogP contribution >= 0.6 is 0 Å². The first kappa shape index (κ1) is 16.6. The molecule has 0 aliphatic heterocycles. The summed E-state index contributed by atoms with van der Waals surface area (Å²) in [5, 5.41) is 1.29. The van der Waals surface area contributed by atoms with Gasteiger partial charge in [-0.1, -0.05) is 0 Å². The molecule has 1 heterocycles. The van der Waals surface area contributed by atoms with Crippen molar-refractivity contribution < 1.29 is 43.2 Å². The van der Waals surface area contributed by atoms with E-state index in [0.29, 0.717) is 0 Å². The first-order chi connectivity index (χ1) is 8.71. The maximum Gasteiger partial charge on any atom is 0.503 e. The third-order valence-electron chi connectivity index (χ3n) is 1.78. The maximum atomic E-state index is 12.1. The summed E-state index contributed by atoms with van der Waals surface area (Å²) in [5.41, 5.74) is -11.5. The van der Waals surface area contributed by atoms with Crippen LogP contribution in [0.3, 0.4) is 0 Å². The highest BCUT2D eigenvalue weighted by atomic mass is 32.2. The van der Waals surface area contributed by atoms with Crippen molar-refractivity contribution in [2.45, 2.75) is 21.1 Å². The minimum atomic E-state index is -5.92. The summed E-state index contributed by atoms with van der Waals surface area (Å²) < 4.78 is 116. The molecule has 0 spiro atoms. The first-order valence-electron chi connectivity index (χ1n) is 4.17. The van der Waals surface area contributed by atoms with Crippen LogP contribution in [0.15, 0.2) is 22.2 Å². The summed E-state index contributed by atoms with van der Waals surface area (Å²) in [7, 11) is -11.8. The minimum absolute atomic E-state index is 0.0333. The molecule has 0 atom stereocenters. The normalized spacial score (nSPS) is 14.3. The van der Waals surface area contributed by atoms with Crippen LogP contribution in [0.5, 0.6) is 0 Å². The Kier molecular flexibility index (Phi) is 3.77. The second kappa shape index (κ2) is 4.54. The van der Waals surface area contributed by atoms with Gasteiger partial charge >= 0.3 is 11.0 Å². The first-order valence-corrected chi connectivity index (χ1v) is 7.14. The van der Waals surface area contributed by atoms with Gasteiger partial charge in [-0.2, -0.15) is 26.3 Å². The Morgan fingerprint density at radius 2 is 0.950 bits per heavy atom. The van der Waals surface area contributed by atoms with Gasteiger partial charge in [-0.05, 0) is 12.1 Å². The lowest BCUT2D eigenvalue weighted by Crippen LogP contribution is -2.27. The zero-order valence-corrected chi connectivity index (χ0v) is 10.4. The number of halogens is 6. The van der Waals surface area contributed by atoms with Crippen LogP contribution in [-0.4, -0.2) is 38.0 Å². The summed E-state index contributed by atoms with van der Waals surface area (Å²) in [6.45, 7) is 0. The van der Waals surface area contributed by atoms with Gasteiger partial charge in [0.25, 0.3) is 19.7 Å². The maximum absolute atomic E-state index is 12.1. The van der Waals surface area contributed by atoms with Gasteiger partial charge in [0.15, 0.2) is 10.1 Å². The lowest BCUT2D eigenvalue weighted by atomic mass is 10.6. The van der Waals surface area contributed by atoms with Crippen LogP contribution in [0.1, 0.15) is 0 Å². The number of aromatic nitrogens is 2. The van der Waals surface area contributed by atoms with Gasteiger partial charge in [0.1, 0.15) is 0 Å². The average molecular weight is 344 g/mol. The van der Waals surface area contributed by atoms with Crippen LogP contribution < -0.4 is 0 Å². The Labute approximate surface area is 107 Å². The molecule has 0 saturated carbocycles. The molecule has 0 aliphatic carbocycles. The third-order valence-corrected chi connectivity index (χ3v) is 4.53. The monoisotopic (exact) mass is 344 g/mol. The summed E-state index contributed by atoms with van der Waals surface area (Å²) >= 11 is 0. The lowest BCUT2D eigenvalue weighted by Gasteiger charge is -2.08. The van der Waals surface area contributed by atoms with Crippen molar-refractivity contribution in [2.24, 2.45) is 0 Å². The molecule has 20 heavy (non-hydrogen) atoms. The van der Waals surface area contributed by atoms with Gasteiger partial charge in [0, 0.05) is 0 Å². The van der Waals surface area contributed by atoms with E-state index < -0.39 is 40.7 Å². The third kappa shape index (κ3) is 2.70. The molecule has 0 saturated heterocycles. The fourth-order valence-electron chi connectivity index (χ4n) is 0.832. The zero-order chi connectivity index (χ0) is 16.0. The second-order valence-electron chi connectivity index (χ2n) is 3.11. The number of hydrogen-bond acceptors (Lipinski definition) is 6. The highest BCUT2D eigenvalue weighted by Gasteiger charge is 2.50. The summed E-state index contributed by atoms with van der Waals surface area (Å²) in [6, 6.07) is -0.0666. The van der Waals surface area contributed by atoms with Crippen molar-refractivity contribution in [2.75, 3.05) is 0 Å². The Bertz CT molecular complexity index is 640. The van der Waals surface area contributed by atoms with Crippen LogP contribution in [0.25, 0.3) is 0 Å². The molecule has 1 aromatic heterocycles. The molecular weight excluding hydrogens is 342 g/mol. The topological polar surface area (TPSA) is 94.1 Å². The van der Waals surface area contributed by atoms with Crippen LogP contribution in [0.2, 0.25) is 0 Å². The number of nitrogens with zero attached hydrogens (tertiary/aromatic N) is 2. The van der Waals surface area contributed by atoms with Gasteiger partial charge < -0.3 is 0 Å². The number of rotatable bonds is 2. The van der Waals surface area contributed by atoms with E-state index in [1.807, 2.05) is 0 Å². The highest BCUT2D eigenvalue weighted by Crippen LogP contribution is 2.31. The van der Waals surface area contributed by atoms with Gasteiger partial charge in [0.05, 0.1) is 0 Å². The molecule has 1 aromatic rings. The van der Waals surface area contributed by atoms with E-state index in [1.165, 1.54) is 0 Å². The Morgan fingerprint density at radius 3 is 1.10 bits per heavy atom. The fraction of sp³-hybridized carbons (Fsp3) is 0.333. The van der Waals surface area contributed by atoms with Gasteiger partial charge in [-0.3, -0.25) is 0 Å². The largest absolute Gasteiger partial charge is 0.503 e. The molecule has 14 heteroatoms. The summed E-state index contributed by atoms with van der Waals surface area (Å²) in [4.78, 5) is 0. The number of sulfone groups is 2. The van der Waals surface area contributed by atoms with Crippen molar-refractivity contribution in [3.63, 3.8) is 0 Å². The van der Waals surface area contributed by atoms with Crippen molar-refractivity contribution in [1.82, 2.24) is 10.2 Å². The van der Waals surface area contributed by atoms with Crippen molar-refractivity contribution >= 4 is 19.7 Å². The number of hydrogen-bond donors (Lipinski definition) is 0. The van der Waals surface area contributed by atoms with E-state index in [9.17, 15) is 43.2 Å². The van der Waals surface area contributed by atoms with E-state index in [-0.39, 0.29) is 12.1 Å². The van der Waals surface area contributed by atoms with E-state index in [4.69, 9.17) is 0 Å². The predicted molar refractivity (Wildman–Crippen MR) is 48.5 cm³/mol. The molecular formula is C6H2F6N2O4S2. The van der Waals surface area contributed by atoms with Crippen LogP contribution in [0.4, 0.5) is 26.3 Å². The Hall–Kier alpha value is -1.44. The molecule has 0 amide bonds. The standard InChI is InChI=1S/C6H2F6N2O4S2/c7-5(8,9)19(15,16)3-1-2-4(14-13-3)20(17,18)6(10,11)12/h1-2H. The molecule has 0 bridgehead atoms. The molecule has 0 aliphatic rings. The minimum Gasteiger partial charge on any atom is -0.213 e. The van der Waals surface area contributed by atoms with Gasteiger partial charge in [-0.15, -0.1) is 10.2 Å². The van der Waals surface area contributed by atoms with E-state index >= 15 is 0 Å². The second-order valence-corrected chi connectivity index (χ2v) is 6.88. The van der Waals surface area contributed by atoms with Crippen molar-refractivity contribution in [3.05, 3.63) is 12.1 Å². The lowest BCUT2D eigenvalue weighted by molar-refractivity contribution is -0.0448. The van der Waals surface area contributed by atoms with Crippen LogP contribution in [-0.2, 0) is 19.7 Å². The highest BCUT2D eigenvalue weighted by molar-refractivity contribution is 7.92. The molecule has 0 radical (unpaired) electrons. The Morgan fingerprint density at radius 1 is 0.700 bits per heavy atom. The molecule has 0 N–H and O–H groups in total. The molecule has 0 fully saturated rings. The molecule has 114 valence electrons. The SMILES string of the molecule is O=S(=O)(c1ccc(S(=O)(=O)C(F)(F)F)nn1)C(F)(F)F. The summed E-state index contributed by atoms with van der Waals surface area (Å²) in [5.74, 6) is 0. The molecule has 0 aromatic carbocycles. The van der Waals surface area contributed by atoms with E-state index in [1.54, 1.807) is 0 Å². The fourth-order valence-corrected chi connectivity index (χ4v) is 2.10. The quantitative estimate of drug-likeness (QED) is 0.745. The molecule has 0 unspecified atom stereocenters. The average Bonchev–Trinajstić information content (AvgIpc) is 2.26. The molecule has 1 rings (SSSR count). The van der Waals surface area contributed by atoms with Crippen molar-refractivity contribution in [3.8, 4) is 0 Å². The van der Waals surface area contributed by atoms with E-state index in [0.717, 1.165) is 0 Å². The predicted octanol–water partition coefficient (Wildman–Crippen LogP) is 1.06. The smallest absolute Gasteiger partial charge is 0.213 e.